The van der Waals surface area contributed by atoms with Crippen molar-refractivity contribution in [3.63, 3.8) is 0 Å². The number of hydrogen-bond donors (Lipinski definition) is 1. The topological polar surface area (TPSA) is 38.3 Å². The predicted octanol–water partition coefficient (Wildman–Crippen LogP) is 3.70. The van der Waals surface area contributed by atoms with Crippen molar-refractivity contribution in [2.75, 3.05) is 20.2 Å². The number of carbonyl (C=O) groups excluding carboxylic acids is 1. The summed E-state index contributed by atoms with van der Waals surface area (Å²) in [7, 11) is 1.57. The van der Waals surface area contributed by atoms with Crippen LogP contribution in [0.1, 0.15) is 43.0 Å². The lowest BCUT2D eigenvalue weighted by Crippen LogP contribution is -2.45. The zero-order valence-electron chi connectivity index (χ0n) is 12.2. The Morgan fingerprint density at radius 1 is 1.50 bits per heavy atom. The van der Waals surface area contributed by atoms with Gasteiger partial charge in [0.05, 0.1) is 12.1 Å². The molecule has 0 saturated carbocycles. The zero-order chi connectivity index (χ0) is 14.6. The lowest BCUT2D eigenvalue weighted by Gasteiger charge is -2.36. The highest BCUT2D eigenvalue weighted by atomic mass is 35.5. The van der Waals surface area contributed by atoms with Crippen LogP contribution in [0.3, 0.4) is 0 Å². The fourth-order valence-electron chi connectivity index (χ4n) is 3.07. The number of rotatable bonds is 5. The summed E-state index contributed by atoms with van der Waals surface area (Å²) in [5.74, 6) is 0.773. The highest BCUT2D eigenvalue weighted by molar-refractivity contribution is 6.32. The summed E-state index contributed by atoms with van der Waals surface area (Å²) < 4.78 is 5.22. The molecule has 3 nitrogen and oxygen atoms in total. The van der Waals surface area contributed by atoms with Crippen molar-refractivity contribution < 1.29 is 9.53 Å². The van der Waals surface area contributed by atoms with Gasteiger partial charge in [-0.1, -0.05) is 24.9 Å². The molecule has 1 aromatic carbocycles. The molecule has 1 fully saturated rings. The summed E-state index contributed by atoms with van der Waals surface area (Å²) in [6.45, 7) is 3.90. The van der Waals surface area contributed by atoms with Crippen molar-refractivity contribution in [3.8, 4) is 5.75 Å². The standard InChI is InChI=1S/C16H22ClNO2/c1-3-7-16(8-4-9-18-11-16)15(19)12-5-6-13(17)14(10-12)20-2/h5-6,10,18H,3-4,7-9,11H2,1-2H3. The molecule has 1 N–H and O–H groups in total. The van der Waals surface area contributed by atoms with E-state index in [9.17, 15) is 4.79 Å². The molecule has 1 heterocycles. The SMILES string of the molecule is CCCC1(C(=O)c2ccc(Cl)c(OC)c2)CCCNC1. The van der Waals surface area contributed by atoms with Gasteiger partial charge in [0.1, 0.15) is 5.75 Å². The van der Waals surface area contributed by atoms with E-state index in [2.05, 4.69) is 12.2 Å². The Morgan fingerprint density at radius 3 is 2.90 bits per heavy atom. The van der Waals surface area contributed by atoms with Crippen molar-refractivity contribution in [1.29, 1.82) is 0 Å². The molecule has 0 radical (unpaired) electrons. The molecule has 0 bridgehead atoms. The van der Waals surface area contributed by atoms with Gasteiger partial charge in [-0.2, -0.15) is 0 Å². The molecule has 1 unspecified atom stereocenters. The summed E-state index contributed by atoms with van der Waals surface area (Å²) in [5, 5.41) is 3.91. The minimum Gasteiger partial charge on any atom is -0.495 e. The Hall–Kier alpha value is -1.06. The Labute approximate surface area is 125 Å². The molecule has 1 aliphatic heterocycles. The number of benzene rings is 1. The van der Waals surface area contributed by atoms with Crippen LogP contribution in [0.2, 0.25) is 5.02 Å². The van der Waals surface area contributed by atoms with Crippen LogP contribution in [0.25, 0.3) is 0 Å². The van der Waals surface area contributed by atoms with Crippen molar-refractivity contribution >= 4 is 17.4 Å². The van der Waals surface area contributed by atoms with E-state index in [1.165, 1.54) is 0 Å². The monoisotopic (exact) mass is 295 g/mol. The average molecular weight is 296 g/mol. The van der Waals surface area contributed by atoms with Crippen LogP contribution >= 0.6 is 11.6 Å². The lowest BCUT2D eigenvalue weighted by atomic mass is 9.71. The van der Waals surface area contributed by atoms with Crippen LogP contribution in [0, 0.1) is 5.41 Å². The maximum atomic E-state index is 13.0. The third-order valence-electron chi connectivity index (χ3n) is 4.10. The molecule has 1 atom stereocenters. The smallest absolute Gasteiger partial charge is 0.170 e. The summed E-state index contributed by atoms with van der Waals surface area (Å²) in [4.78, 5) is 13.0. The Balaban J connectivity index is 2.31. The third-order valence-corrected chi connectivity index (χ3v) is 4.41. The van der Waals surface area contributed by atoms with Crippen LogP contribution in [-0.2, 0) is 0 Å². The molecule has 0 aliphatic carbocycles. The average Bonchev–Trinajstić information content (AvgIpc) is 2.48. The second kappa shape index (κ2) is 6.59. The minimum absolute atomic E-state index is 0.210. The Kier molecular flexibility index (Phi) is 5.06. The van der Waals surface area contributed by atoms with Gasteiger partial charge in [0.15, 0.2) is 5.78 Å². The molecular formula is C16H22ClNO2. The number of nitrogens with one attached hydrogen (secondary N) is 1. The van der Waals surface area contributed by atoms with E-state index in [0.717, 1.165) is 38.8 Å². The highest BCUT2D eigenvalue weighted by Crippen LogP contribution is 2.37. The van der Waals surface area contributed by atoms with Crippen molar-refractivity contribution in [2.45, 2.75) is 32.6 Å². The summed E-state index contributed by atoms with van der Waals surface area (Å²) in [5.41, 5.74) is 0.426. The van der Waals surface area contributed by atoms with Gasteiger partial charge in [0, 0.05) is 17.5 Å². The maximum Gasteiger partial charge on any atom is 0.170 e. The third kappa shape index (κ3) is 2.99. The van der Waals surface area contributed by atoms with Gasteiger partial charge in [-0.15, -0.1) is 0 Å². The number of ketones is 1. The Morgan fingerprint density at radius 2 is 2.30 bits per heavy atom. The number of ether oxygens (including phenoxy) is 1. The van der Waals surface area contributed by atoms with Gasteiger partial charge < -0.3 is 10.1 Å². The van der Waals surface area contributed by atoms with E-state index in [4.69, 9.17) is 16.3 Å². The molecule has 4 heteroatoms. The number of Topliss-reactive ketones (excluding diaryl/α,β-unsaturated/α-hetero) is 1. The number of halogens is 1. The predicted molar refractivity (Wildman–Crippen MR) is 81.8 cm³/mol. The largest absolute Gasteiger partial charge is 0.495 e. The molecule has 1 aliphatic rings. The van der Waals surface area contributed by atoms with Crippen LogP contribution in [-0.4, -0.2) is 26.0 Å². The number of piperidine rings is 1. The van der Waals surface area contributed by atoms with Gasteiger partial charge in [-0.25, -0.2) is 0 Å². The number of methoxy groups -OCH3 is 1. The fourth-order valence-corrected chi connectivity index (χ4v) is 3.27. The highest BCUT2D eigenvalue weighted by Gasteiger charge is 2.39. The van der Waals surface area contributed by atoms with Gasteiger partial charge >= 0.3 is 0 Å². The van der Waals surface area contributed by atoms with Gasteiger partial charge in [0.25, 0.3) is 0 Å². The summed E-state index contributed by atoms with van der Waals surface area (Å²) in [6, 6.07) is 5.30. The molecular weight excluding hydrogens is 274 g/mol. The second-order valence-corrected chi connectivity index (χ2v) is 5.90. The van der Waals surface area contributed by atoms with Gasteiger partial charge in [-0.3, -0.25) is 4.79 Å². The molecule has 0 spiro atoms. The zero-order valence-corrected chi connectivity index (χ0v) is 12.9. The van der Waals surface area contributed by atoms with Crippen molar-refractivity contribution in [2.24, 2.45) is 5.41 Å². The first-order valence-corrected chi connectivity index (χ1v) is 7.60. The van der Waals surface area contributed by atoms with E-state index < -0.39 is 0 Å². The minimum atomic E-state index is -0.272. The molecule has 0 aromatic heterocycles. The van der Waals surface area contributed by atoms with E-state index in [0.29, 0.717) is 16.3 Å². The molecule has 110 valence electrons. The second-order valence-electron chi connectivity index (χ2n) is 5.49. The molecule has 0 amide bonds. The van der Waals surface area contributed by atoms with Crippen LogP contribution in [0.5, 0.6) is 5.75 Å². The van der Waals surface area contributed by atoms with Crippen molar-refractivity contribution in [1.82, 2.24) is 5.32 Å². The first-order chi connectivity index (χ1) is 9.63. The molecule has 1 aromatic rings. The van der Waals surface area contributed by atoms with Crippen LogP contribution in [0.15, 0.2) is 18.2 Å². The first kappa shape index (κ1) is 15.3. The van der Waals surface area contributed by atoms with E-state index in [1.807, 2.05) is 0 Å². The molecule has 20 heavy (non-hydrogen) atoms. The van der Waals surface area contributed by atoms with Crippen LogP contribution in [0.4, 0.5) is 0 Å². The lowest BCUT2D eigenvalue weighted by molar-refractivity contribution is 0.0717. The summed E-state index contributed by atoms with van der Waals surface area (Å²) in [6.07, 6.45) is 3.94. The quantitative estimate of drug-likeness (QED) is 0.842. The summed E-state index contributed by atoms with van der Waals surface area (Å²) >= 11 is 6.03. The fraction of sp³-hybridized carbons (Fsp3) is 0.562. The first-order valence-electron chi connectivity index (χ1n) is 7.22. The normalized spacial score (nSPS) is 22.6. The van der Waals surface area contributed by atoms with Crippen molar-refractivity contribution in [3.05, 3.63) is 28.8 Å². The van der Waals surface area contributed by atoms with Gasteiger partial charge in [0.2, 0.25) is 0 Å². The maximum absolute atomic E-state index is 13.0. The number of carbonyl (C=O) groups is 1. The number of hydrogen-bond acceptors (Lipinski definition) is 3. The van der Waals surface area contributed by atoms with E-state index in [-0.39, 0.29) is 11.2 Å². The van der Waals surface area contributed by atoms with E-state index >= 15 is 0 Å². The van der Waals surface area contributed by atoms with E-state index in [1.54, 1.807) is 25.3 Å². The van der Waals surface area contributed by atoms with Gasteiger partial charge in [-0.05, 0) is 44.0 Å². The Bertz CT molecular complexity index is 476. The van der Waals surface area contributed by atoms with Crippen LogP contribution < -0.4 is 10.1 Å². The molecule has 2 rings (SSSR count). The molecule has 1 saturated heterocycles.